The maximum absolute atomic E-state index is 13.5. The fraction of sp³-hybridized carbons (Fsp3) is 0.130. The number of hydrogen-bond donors (Lipinski definition) is 3. The fourth-order valence-corrected chi connectivity index (χ4v) is 3.90. The number of fused-ring (bicyclic) bond motifs is 1. The average Bonchev–Trinajstić information content (AvgIpc) is 3.49. The largest absolute Gasteiger partial charge is 0.369 e. The molecular weight excluding hydrogens is 482 g/mol. The number of carbonyl (C=O) groups is 1. The number of pyridine rings is 1. The summed E-state index contributed by atoms with van der Waals surface area (Å²) < 4.78 is 32.1. The number of aromatic nitrogens is 4. The van der Waals surface area contributed by atoms with E-state index in [1.807, 2.05) is 6.07 Å². The van der Waals surface area contributed by atoms with Crippen LogP contribution in [0.4, 0.5) is 8.78 Å². The van der Waals surface area contributed by atoms with E-state index >= 15 is 0 Å². The van der Waals surface area contributed by atoms with E-state index in [4.69, 9.17) is 16.1 Å². The first-order valence-corrected chi connectivity index (χ1v) is 10.8. The van der Waals surface area contributed by atoms with Crippen molar-refractivity contribution in [3.05, 3.63) is 88.6 Å². The van der Waals surface area contributed by atoms with Gasteiger partial charge in [-0.15, -0.1) is 0 Å². The second kappa shape index (κ2) is 9.28. The van der Waals surface area contributed by atoms with Crippen LogP contribution in [0.15, 0.2) is 70.1 Å². The number of H-pyrrole nitrogens is 1. The van der Waals surface area contributed by atoms with Crippen LogP contribution in [0, 0.1) is 11.6 Å². The molecule has 1 atom stereocenters. The third-order valence-corrected chi connectivity index (χ3v) is 5.55. The van der Waals surface area contributed by atoms with Crippen molar-refractivity contribution in [2.24, 2.45) is 0 Å². The summed E-state index contributed by atoms with van der Waals surface area (Å²) in [6.45, 7) is -0.0790. The van der Waals surface area contributed by atoms with Crippen LogP contribution in [0.3, 0.4) is 0 Å². The third-order valence-electron chi connectivity index (χ3n) is 5.34. The lowest BCUT2D eigenvalue weighted by Gasteiger charge is -2.31. The molecule has 178 valence electrons. The standard InChI is InChI=1S/C23H17ClF2N6O3/c24-13-7-15(23(34)32(11-13)10-12-3-4-17(25)18(26)6-12)21(33)29-9-19-30-22(35-31-19)16-8-28-20-14(16)2-1-5-27-20/h1-8,11,23,34H,9-10H2,(H,27,28)(H,29,33). The van der Waals surface area contributed by atoms with Crippen LogP contribution < -0.4 is 5.32 Å². The van der Waals surface area contributed by atoms with Crippen molar-refractivity contribution in [2.75, 3.05) is 0 Å². The Morgan fingerprint density at radius 3 is 2.97 bits per heavy atom. The van der Waals surface area contributed by atoms with Crippen molar-refractivity contribution in [1.82, 2.24) is 30.3 Å². The smallest absolute Gasteiger partial charge is 0.260 e. The number of rotatable bonds is 6. The highest BCUT2D eigenvalue weighted by molar-refractivity contribution is 6.31. The number of hydrogen-bond acceptors (Lipinski definition) is 7. The first kappa shape index (κ1) is 22.7. The number of aliphatic hydroxyl groups excluding tert-OH is 1. The van der Waals surface area contributed by atoms with Gasteiger partial charge in [0, 0.05) is 30.5 Å². The SMILES string of the molecule is O=C(NCc1noc(-c2c[nH]c3ncccc23)n1)C1=CC(Cl)=CN(Cc2ccc(F)c(F)c2)C1O. The fourth-order valence-electron chi connectivity index (χ4n) is 3.66. The van der Waals surface area contributed by atoms with E-state index in [1.54, 1.807) is 18.5 Å². The highest BCUT2D eigenvalue weighted by Gasteiger charge is 2.28. The summed E-state index contributed by atoms with van der Waals surface area (Å²) in [5.74, 6) is -2.12. The Balaban J connectivity index is 1.26. The first-order valence-electron chi connectivity index (χ1n) is 10.4. The molecule has 0 saturated heterocycles. The van der Waals surface area contributed by atoms with Crippen LogP contribution in [-0.4, -0.2) is 42.3 Å². The van der Waals surface area contributed by atoms with Crippen molar-refractivity contribution < 1.29 is 23.2 Å². The normalized spacial score (nSPS) is 15.8. The highest BCUT2D eigenvalue weighted by Crippen LogP contribution is 2.26. The quantitative estimate of drug-likeness (QED) is 0.373. The Bertz CT molecular complexity index is 1480. The van der Waals surface area contributed by atoms with E-state index in [0.717, 1.165) is 17.5 Å². The van der Waals surface area contributed by atoms with Crippen LogP contribution in [0.2, 0.25) is 0 Å². The molecule has 35 heavy (non-hydrogen) atoms. The summed E-state index contributed by atoms with van der Waals surface area (Å²) in [6.07, 6.45) is 4.72. The molecule has 9 nitrogen and oxygen atoms in total. The molecular formula is C23H17ClF2N6O3. The van der Waals surface area contributed by atoms with Gasteiger partial charge in [0.25, 0.3) is 11.8 Å². The number of nitrogens with zero attached hydrogens (tertiary/aromatic N) is 4. The van der Waals surface area contributed by atoms with Gasteiger partial charge in [0.2, 0.25) is 0 Å². The zero-order valence-corrected chi connectivity index (χ0v) is 18.6. The summed E-state index contributed by atoms with van der Waals surface area (Å²) in [4.78, 5) is 25.6. The molecule has 1 aliphatic heterocycles. The molecule has 0 bridgehead atoms. The van der Waals surface area contributed by atoms with Gasteiger partial charge in [-0.3, -0.25) is 4.79 Å². The van der Waals surface area contributed by atoms with Crippen molar-refractivity contribution in [3.8, 4) is 11.5 Å². The molecule has 1 unspecified atom stereocenters. The minimum atomic E-state index is -1.37. The number of aromatic amines is 1. The number of carbonyl (C=O) groups excluding carboxylic acids is 1. The van der Waals surface area contributed by atoms with Crippen molar-refractivity contribution in [3.63, 3.8) is 0 Å². The number of halogens is 3. The zero-order chi connectivity index (χ0) is 24.5. The van der Waals surface area contributed by atoms with E-state index in [1.165, 1.54) is 23.2 Å². The molecule has 5 rings (SSSR count). The summed E-state index contributed by atoms with van der Waals surface area (Å²) in [5, 5.41) is 18.2. The van der Waals surface area contributed by atoms with E-state index in [-0.39, 0.29) is 35.4 Å². The summed E-state index contributed by atoms with van der Waals surface area (Å²) in [6, 6.07) is 7.03. The lowest BCUT2D eigenvalue weighted by atomic mass is 10.1. The van der Waals surface area contributed by atoms with E-state index in [2.05, 4.69) is 25.4 Å². The number of nitrogens with one attached hydrogen (secondary N) is 2. The zero-order valence-electron chi connectivity index (χ0n) is 17.9. The average molecular weight is 499 g/mol. The minimum absolute atomic E-state index is 0.00706. The Kier molecular flexibility index (Phi) is 6.01. The van der Waals surface area contributed by atoms with Gasteiger partial charge in [0.15, 0.2) is 23.7 Å². The van der Waals surface area contributed by atoms with Gasteiger partial charge in [-0.1, -0.05) is 22.8 Å². The van der Waals surface area contributed by atoms with Gasteiger partial charge < -0.3 is 24.8 Å². The Hall–Kier alpha value is -4.09. The van der Waals surface area contributed by atoms with Crippen LogP contribution in [-0.2, 0) is 17.9 Å². The van der Waals surface area contributed by atoms with Crippen LogP contribution in [0.1, 0.15) is 11.4 Å². The molecule has 0 saturated carbocycles. The molecule has 4 heterocycles. The molecule has 0 radical (unpaired) electrons. The number of allylic oxidation sites excluding steroid dienone is 2. The molecule has 0 spiro atoms. The van der Waals surface area contributed by atoms with Gasteiger partial charge in [-0.05, 0) is 35.9 Å². The molecule has 12 heteroatoms. The first-order chi connectivity index (χ1) is 16.9. The van der Waals surface area contributed by atoms with Gasteiger partial charge in [-0.25, -0.2) is 13.8 Å². The van der Waals surface area contributed by atoms with E-state index < -0.39 is 23.8 Å². The van der Waals surface area contributed by atoms with Crippen LogP contribution in [0.25, 0.3) is 22.5 Å². The van der Waals surface area contributed by atoms with Crippen molar-refractivity contribution >= 4 is 28.5 Å². The molecule has 3 aromatic heterocycles. The number of benzene rings is 1. The van der Waals surface area contributed by atoms with E-state index in [9.17, 15) is 18.7 Å². The second-order valence-corrected chi connectivity index (χ2v) is 8.14. The molecule has 0 fully saturated rings. The molecule has 0 aliphatic carbocycles. The lowest BCUT2D eigenvalue weighted by Crippen LogP contribution is -2.40. The second-order valence-electron chi connectivity index (χ2n) is 7.71. The minimum Gasteiger partial charge on any atom is -0.369 e. The summed E-state index contributed by atoms with van der Waals surface area (Å²) in [7, 11) is 0. The van der Waals surface area contributed by atoms with Gasteiger partial charge in [-0.2, -0.15) is 4.98 Å². The molecule has 1 amide bonds. The van der Waals surface area contributed by atoms with Gasteiger partial charge >= 0.3 is 0 Å². The monoisotopic (exact) mass is 498 g/mol. The topological polar surface area (TPSA) is 120 Å². The highest BCUT2D eigenvalue weighted by atomic mass is 35.5. The van der Waals surface area contributed by atoms with Gasteiger partial charge in [0.1, 0.15) is 5.65 Å². The maximum Gasteiger partial charge on any atom is 0.260 e. The Morgan fingerprint density at radius 2 is 2.14 bits per heavy atom. The van der Waals surface area contributed by atoms with Gasteiger partial charge in [0.05, 0.1) is 22.7 Å². The maximum atomic E-state index is 13.5. The van der Waals surface area contributed by atoms with E-state index in [0.29, 0.717) is 16.8 Å². The molecule has 3 N–H and O–H groups in total. The summed E-state index contributed by atoms with van der Waals surface area (Å²) >= 11 is 6.13. The van der Waals surface area contributed by atoms with Crippen molar-refractivity contribution in [2.45, 2.75) is 19.3 Å². The Labute approximate surface area is 201 Å². The predicted octanol–water partition coefficient (Wildman–Crippen LogP) is 3.35. The number of amides is 1. The molecule has 1 aromatic carbocycles. The summed E-state index contributed by atoms with van der Waals surface area (Å²) in [5.41, 5.74) is 1.70. The lowest BCUT2D eigenvalue weighted by molar-refractivity contribution is -0.119. The molecule has 4 aromatic rings. The Morgan fingerprint density at radius 1 is 1.29 bits per heavy atom. The molecule has 1 aliphatic rings. The van der Waals surface area contributed by atoms with Crippen LogP contribution in [0.5, 0.6) is 0 Å². The number of aliphatic hydroxyl groups is 1. The van der Waals surface area contributed by atoms with Crippen molar-refractivity contribution in [1.29, 1.82) is 0 Å². The predicted molar refractivity (Wildman–Crippen MR) is 121 cm³/mol. The third kappa shape index (κ3) is 4.63. The van der Waals surface area contributed by atoms with Crippen LogP contribution >= 0.6 is 11.6 Å².